The van der Waals surface area contributed by atoms with Gasteiger partial charge in [0.25, 0.3) is 0 Å². The Bertz CT molecular complexity index is 1060. The summed E-state index contributed by atoms with van der Waals surface area (Å²) in [5, 5.41) is 9.80. The quantitative estimate of drug-likeness (QED) is 0.349. The molecule has 3 N–H and O–H groups in total. The number of ether oxygens (including phenoxy) is 1. The molecular formula is C30H38N2O2. The van der Waals surface area contributed by atoms with Crippen molar-refractivity contribution in [2.45, 2.75) is 64.5 Å². The lowest BCUT2D eigenvalue weighted by molar-refractivity contribution is 0.123. The number of phenols is 1. The van der Waals surface area contributed by atoms with Crippen LogP contribution in [0.25, 0.3) is 0 Å². The van der Waals surface area contributed by atoms with E-state index in [1.54, 1.807) is 6.07 Å². The standard InChI is InChI=1S/C30H38N2O2/c1-3-7-29(31)23-12-10-22(11-13-23)20-32(4-2)21-34-30-9-6-5-8-28(30)26-15-14-25-19-27(33)17-16-24(25)18-26/h5-6,8-13,16-17,19,26,29,33H,3-4,7,14-15,18,20-21,31H2,1-2H3. The molecular weight excluding hydrogens is 420 g/mol. The van der Waals surface area contributed by atoms with Crippen molar-refractivity contribution >= 4 is 0 Å². The number of hydrogen-bond acceptors (Lipinski definition) is 4. The molecule has 0 spiro atoms. The second kappa shape index (κ2) is 11.5. The summed E-state index contributed by atoms with van der Waals surface area (Å²) in [7, 11) is 0. The van der Waals surface area contributed by atoms with Crippen LogP contribution >= 0.6 is 0 Å². The van der Waals surface area contributed by atoms with Gasteiger partial charge in [0.2, 0.25) is 0 Å². The van der Waals surface area contributed by atoms with Crippen LogP contribution in [-0.4, -0.2) is 23.3 Å². The summed E-state index contributed by atoms with van der Waals surface area (Å²) >= 11 is 0. The van der Waals surface area contributed by atoms with Crippen LogP contribution in [0.2, 0.25) is 0 Å². The van der Waals surface area contributed by atoms with Crippen LogP contribution in [-0.2, 0) is 19.4 Å². The third-order valence-electron chi connectivity index (χ3n) is 7.04. The summed E-state index contributed by atoms with van der Waals surface area (Å²) in [5.74, 6) is 1.77. The van der Waals surface area contributed by atoms with Crippen LogP contribution in [0.3, 0.4) is 0 Å². The fourth-order valence-corrected chi connectivity index (χ4v) is 4.97. The Balaban J connectivity index is 1.39. The molecule has 0 aromatic heterocycles. The van der Waals surface area contributed by atoms with Crippen LogP contribution in [0.5, 0.6) is 11.5 Å². The first-order chi connectivity index (χ1) is 16.6. The zero-order valence-corrected chi connectivity index (χ0v) is 20.5. The normalized spacial score (nSPS) is 16.3. The highest BCUT2D eigenvalue weighted by Gasteiger charge is 2.23. The van der Waals surface area contributed by atoms with Gasteiger partial charge in [-0.1, -0.05) is 68.8 Å². The maximum Gasteiger partial charge on any atom is 0.142 e. The van der Waals surface area contributed by atoms with Gasteiger partial charge in [-0.15, -0.1) is 0 Å². The third-order valence-corrected chi connectivity index (χ3v) is 7.04. The SMILES string of the molecule is CCCC(N)c1ccc(CN(CC)COc2ccccc2C2CCc3cc(O)ccc3C2)cc1. The van der Waals surface area contributed by atoms with Crippen LogP contribution in [0.15, 0.2) is 66.7 Å². The van der Waals surface area contributed by atoms with Gasteiger partial charge >= 0.3 is 0 Å². The summed E-state index contributed by atoms with van der Waals surface area (Å²) in [6.45, 7) is 6.67. The molecule has 3 aromatic rings. The second-order valence-corrected chi connectivity index (χ2v) is 9.49. The minimum Gasteiger partial charge on any atom is -0.508 e. The van der Waals surface area contributed by atoms with E-state index >= 15 is 0 Å². The molecule has 0 aliphatic heterocycles. The van der Waals surface area contributed by atoms with E-state index in [1.165, 1.54) is 27.8 Å². The highest BCUT2D eigenvalue weighted by atomic mass is 16.5. The van der Waals surface area contributed by atoms with Crippen molar-refractivity contribution in [3.63, 3.8) is 0 Å². The van der Waals surface area contributed by atoms with Crippen molar-refractivity contribution in [2.75, 3.05) is 13.3 Å². The van der Waals surface area contributed by atoms with Crippen LogP contribution in [0.1, 0.15) is 72.9 Å². The predicted molar refractivity (Wildman–Crippen MR) is 139 cm³/mol. The van der Waals surface area contributed by atoms with E-state index in [0.717, 1.165) is 50.9 Å². The molecule has 0 saturated carbocycles. The monoisotopic (exact) mass is 458 g/mol. The third kappa shape index (κ3) is 5.99. The number of aryl methyl sites for hydroxylation is 1. The highest BCUT2D eigenvalue weighted by molar-refractivity contribution is 5.42. The number of benzene rings is 3. The predicted octanol–water partition coefficient (Wildman–Crippen LogP) is 6.32. The number of para-hydroxylation sites is 1. The van der Waals surface area contributed by atoms with Crippen molar-refractivity contribution in [3.8, 4) is 11.5 Å². The fraction of sp³-hybridized carbons (Fsp3) is 0.400. The number of hydrogen-bond donors (Lipinski definition) is 2. The first-order valence-corrected chi connectivity index (χ1v) is 12.7. The molecule has 2 unspecified atom stereocenters. The molecule has 0 heterocycles. The number of phenolic OH excluding ortho intramolecular Hbond substituents is 1. The Morgan fingerprint density at radius 3 is 2.59 bits per heavy atom. The minimum atomic E-state index is 0.124. The molecule has 0 bridgehead atoms. The Hall–Kier alpha value is -2.82. The van der Waals surface area contributed by atoms with E-state index in [4.69, 9.17) is 10.5 Å². The molecule has 34 heavy (non-hydrogen) atoms. The molecule has 4 nitrogen and oxygen atoms in total. The molecule has 180 valence electrons. The molecule has 0 amide bonds. The van der Waals surface area contributed by atoms with Crippen molar-refractivity contribution in [1.29, 1.82) is 0 Å². The van der Waals surface area contributed by atoms with Gasteiger partial charge in [0, 0.05) is 12.6 Å². The van der Waals surface area contributed by atoms with Gasteiger partial charge in [-0.2, -0.15) is 0 Å². The fourth-order valence-electron chi connectivity index (χ4n) is 4.97. The van der Waals surface area contributed by atoms with Gasteiger partial charge < -0.3 is 15.6 Å². The molecule has 0 fully saturated rings. The highest BCUT2D eigenvalue weighted by Crippen LogP contribution is 2.38. The number of aromatic hydroxyl groups is 1. The van der Waals surface area contributed by atoms with E-state index < -0.39 is 0 Å². The van der Waals surface area contributed by atoms with Crippen LogP contribution in [0, 0.1) is 0 Å². The number of nitrogens with zero attached hydrogens (tertiary/aromatic N) is 1. The van der Waals surface area contributed by atoms with Gasteiger partial charge in [0.1, 0.15) is 18.2 Å². The largest absolute Gasteiger partial charge is 0.508 e. The lowest BCUT2D eigenvalue weighted by Gasteiger charge is -2.28. The van der Waals surface area contributed by atoms with E-state index in [1.807, 2.05) is 6.07 Å². The summed E-state index contributed by atoms with van der Waals surface area (Å²) in [5.41, 5.74) is 12.6. The molecule has 1 aliphatic carbocycles. The molecule has 2 atom stereocenters. The first-order valence-electron chi connectivity index (χ1n) is 12.7. The average Bonchev–Trinajstić information content (AvgIpc) is 2.87. The van der Waals surface area contributed by atoms with E-state index in [-0.39, 0.29) is 6.04 Å². The van der Waals surface area contributed by atoms with Gasteiger partial charge in [-0.05, 0) is 84.2 Å². The lowest BCUT2D eigenvalue weighted by Crippen LogP contribution is -2.28. The Labute approximate surface area is 204 Å². The van der Waals surface area contributed by atoms with Crippen molar-refractivity contribution < 1.29 is 9.84 Å². The van der Waals surface area contributed by atoms with Gasteiger partial charge in [0.05, 0.1) is 0 Å². The molecule has 0 saturated heterocycles. The van der Waals surface area contributed by atoms with E-state index in [0.29, 0.717) is 18.4 Å². The van der Waals surface area contributed by atoms with Crippen LogP contribution in [0.4, 0.5) is 0 Å². The lowest BCUT2D eigenvalue weighted by atomic mass is 9.80. The summed E-state index contributed by atoms with van der Waals surface area (Å²) in [4.78, 5) is 2.32. The average molecular weight is 459 g/mol. The Kier molecular flexibility index (Phi) is 8.25. The maximum absolute atomic E-state index is 9.80. The topological polar surface area (TPSA) is 58.7 Å². The molecule has 0 radical (unpaired) electrons. The summed E-state index contributed by atoms with van der Waals surface area (Å²) < 4.78 is 6.38. The zero-order valence-electron chi connectivity index (χ0n) is 20.5. The smallest absolute Gasteiger partial charge is 0.142 e. The second-order valence-electron chi connectivity index (χ2n) is 9.49. The maximum atomic E-state index is 9.80. The van der Waals surface area contributed by atoms with Gasteiger partial charge in [-0.25, -0.2) is 0 Å². The van der Waals surface area contributed by atoms with E-state index in [2.05, 4.69) is 73.3 Å². The number of fused-ring (bicyclic) bond motifs is 1. The minimum absolute atomic E-state index is 0.124. The van der Waals surface area contributed by atoms with Gasteiger partial charge in [-0.3, -0.25) is 4.90 Å². The number of nitrogens with two attached hydrogens (primary N) is 1. The summed E-state index contributed by atoms with van der Waals surface area (Å²) in [6, 6.07) is 23.1. The molecule has 3 aromatic carbocycles. The molecule has 4 rings (SSSR count). The number of rotatable bonds is 10. The van der Waals surface area contributed by atoms with Crippen LogP contribution < -0.4 is 10.5 Å². The Morgan fingerprint density at radius 2 is 1.82 bits per heavy atom. The zero-order chi connectivity index (χ0) is 23.9. The van der Waals surface area contributed by atoms with Crippen molar-refractivity contribution in [1.82, 2.24) is 4.90 Å². The summed E-state index contributed by atoms with van der Waals surface area (Å²) in [6.07, 6.45) is 5.16. The first kappa shape index (κ1) is 24.3. The van der Waals surface area contributed by atoms with E-state index in [9.17, 15) is 5.11 Å². The van der Waals surface area contributed by atoms with Gasteiger partial charge in [0.15, 0.2) is 0 Å². The molecule has 4 heteroatoms. The van der Waals surface area contributed by atoms with Crippen molar-refractivity contribution in [2.24, 2.45) is 5.73 Å². The molecule has 1 aliphatic rings. The Morgan fingerprint density at radius 1 is 1.03 bits per heavy atom. The van der Waals surface area contributed by atoms with Crippen molar-refractivity contribution in [3.05, 3.63) is 94.5 Å².